The van der Waals surface area contributed by atoms with Crippen LogP contribution in [0.3, 0.4) is 0 Å². The fraction of sp³-hybridized carbons (Fsp3) is 0.538. The molecular weight excluding hydrogens is 236 g/mol. The molecule has 0 atom stereocenters. The van der Waals surface area contributed by atoms with Crippen molar-refractivity contribution in [3.8, 4) is 0 Å². The smallest absolute Gasteiger partial charge is 0.0285 e. The van der Waals surface area contributed by atoms with Gasteiger partial charge in [-0.2, -0.15) is 0 Å². The van der Waals surface area contributed by atoms with Gasteiger partial charge >= 0.3 is 0 Å². The maximum atomic E-state index is 3.56. The maximum Gasteiger partial charge on any atom is 0.0285 e. The summed E-state index contributed by atoms with van der Waals surface area (Å²) < 4.78 is 0. The second-order valence-corrected chi connectivity index (χ2v) is 4.10. The molecule has 0 aliphatic rings. The van der Waals surface area contributed by atoms with Crippen molar-refractivity contribution in [1.82, 2.24) is 0 Å². The average Bonchev–Trinajstić information content (AvgIpc) is 2.26. The van der Waals surface area contributed by atoms with Crippen LogP contribution in [0.15, 0.2) is 12.1 Å². The summed E-state index contributed by atoms with van der Waals surface area (Å²) >= 11 is 3.56. The minimum absolute atomic E-state index is 0.979. The summed E-state index contributed by atoms with van der Waals surface area (Å²) in [5, 5.41) is 0.979. The molecular formula is C13H19Br. The van der Waals surface area contributed by atoms with Crippen LogP contribution in [0.5, 0.6) is 0 Å². The summed E-state index contributed by atoms with van der Waals surface area (Å²) in [6, 6.07) is 4.56. The Morgan fingerprint density at radius 3 is 1.79 bits per heavy atom. The fourth-order valence-corrected chi connectivity index (χ4v) is 2.65. The van der Waals surface area contributed by atoms with Gasteiger partial charge in [-0.15, -0.1) is 0 Å². The number of hydrogen-bond donors (Lipinski definition) is 0. The van der Waals surface area contributed by atoms with Crippen LogP contribution in [0.2, 0.25) is 0 Å². The van der Waals surface area contributed by atoms with E-state index in [0.29, 0.717) is 0 Å². The zero-order chi connectivity index (χ0) is 10.6. The van der Waals surface area contributed by atoms with Crippen LogP contribution in [0.4, 0.5) is 0 Å². The number of aryl methyl sites for hydroxylation is 1. The van der Waals surface area contributed by atoms with Crippen LogP contribution < -0.4 is 0 Å². The molecule has 0 spiro atoms. The molecule has 1 aromatic carbocycles. The van der Waals surface area contributed by atoms with Crippen molar-refractivity contribution >= 4 is 15.9 Å². The minimum Gasteiger partial charge on any atom is -0.0876 e. The van der Waals surface area contributed by atoms with E-state index in [1.54, 1.807) is 11.1 Å². The zero-order valence-electron chi connectivity index (χ0n) is 9.36. The lowest BCUT2D eigenvalue weighted by Crippen LogP contribution is -2.01. The van der Waals surface area contributed by atoms with E-state index in [9.17, 15) is 0 Å². The topological polar surface area (TPSA) is 0 Å². The third-order valence-electron chi connectivity index (χ3n) is 2.86. The van der Waals surface area contributed by atoms with Crippen LogP contribution in [0, 0.1) is 0 Å². The van der Waals surface area contributed by atoms with Crippen LogP contribution in [-0.4, -0.2) is 0 Å². The van der Waals surface area contributed by atoms with Crippen molar-refractivity contribution in [3.05, 3.63) is 34.4 Å². The molecule has 78 valence electrons. The first-order chi connectivity index (χ1) is 6.78. The average molecular weight is 255 g/mol. The van der Waals surface area contributed by atoms with E-state index in [2.05, 4.69) is 48.8 Å². The standard InChI is InChI=1S/C13H19Br/c1-4-10-7-8-11(9-14)13(6-3)12(10)5-2/h7-8H,4-6,9H2,1-3H3. The lowest BCUT2D eigenvalue weighted by atomic mass is 9.92. The summed E-state index contributed by atoms with van der Waals surface area (Å²) in [4.78, 5) is 0. The first kappa shape index (κ1) is 11.8. The van der Waals surface area contributed by atoms with E-state index in [-0.39, 0.29) is 0 Å². The SMILES string of the molecule is CCc1ccc(CBr)c(CC)c1CC. The number of halogens is 1. The number of rotatable bonds is 4. The summed E-state index contributed by atoms with van der Waals surface area (Å²) in [6.45, 7) is 6.74. The largest absolute Gasteiger partial charge is 0.0876 e. The van der Waals surface area contributed by atoms with Crippen molar-refractivity contribution in [2.24, 2.45) is 0 Å². The van der Waals surface area contributed by atoms with Crippen molar-refractivity contribution < 1.29 is 0 Å². The second-order valence-electron chi connectivity index (χ2n) is 3.54. The van der Waals surface area contributed by atoms with Gasteiger partial charge in [0.2, 0.25) is 0 Å². The van der Waals surface area contributed by atoms with Gasteiger partial charge in [0.1, 0.15) is 0 Å². The Morgan fingerprint density at radius 1 is 0.857 bits per heavy atom. The van der Waals surface area contributed by atoms with Gasteiger partial charge in [-0.1, -0.05) is 48.8 Å². The third-order valence-corrected chi connectivity index (χ3v) is 3.46. The van der Waals surface area contributed by atoms with Crippen LogP contribution in [-0.2, 0) is 24.6 Å². The van der Waals surface area contributed by atoms with Gasteiger partial charge in [-0.05, 0) is 41.5 Å². The highest BCUT2D eigenvalue weighted by atomic mass is 79.9. The highest BCUT2D eigenvalue weighted by molar-refractivity contribution is 9.08. The Kier molecular flexibility index (Phi) is 4.67. The van der Waals surface area contributed by atoms with E-state index in [1.807, 2.05) is 0 Å². The van der Waals surface area contributed by atoms with Gasteiger partial charge in [0.15, 0.2) is 0 Å². The molecule has 0 saturated heterocycles. The van der Waals surface area contributed by atoms with Crippen molar-refractivity contribution in [2.75, 3.05) is 0 Å². The summed E-state index contributed by atoms with van der Waals surface area (Å²) in [7, 11) is 0. The normalized spacial score (nSPS) is 10.6. The molecule has 1 heteroatoms. The first-order valence-electron chi connectivity index (χ1n) is 5.46. The monoisotopic (exact) mass is 254 g/mol. The van der Waals surface area contributed by atoms with Gasteiger partial charge in [-0.25, -0.2) is 0 Å². The molecule has 0 unspecified atom stereocenters. The molecule has 0 bridgehead atoms. The highest BCUT2D eigenvalue weighted by Crippen LogP contribution is 2.23. The van der Waals surface area contributed by atoms with Crippen LogP contribution >= 0.6 is 15.9 Å². The minimum atomic E-state index is 0.979. The maximum absolute atomic E-state index is 3.56. The van der Waals surface area contributed by atoms with E-state index < -0.39 is 0 Å². The molecule has 0 amide bonds. The molecule has 14 heavy (non-hydrogen) atoms. The Morgan fingerprint density at radius 2 is 1.36 bits per heavy atom. The van der Waals surface area contributed by atoms with E-state index in [0.717, 1.165) is 24.6 Å². The summed E-state index contributed by atoms with van der Waals surface area (Å²) in [6.07, 6.45) is 3.46. The zero-order valence-corrected chi connectivity index (χ0v) is 10.9. The molecule has 0 heterocycles. The van der Waals surface area contributed by atoms with Crippen molar-refractivity contribution in [2.45, 2.75) is 45.4 Å². The van der Waals surface area contributed by atoms with Gasteiger partial charge in [0.05, 0.1) is 0 Å². The van der Waals surface area contributed by atoms with E-state index in [4.69, 9.17) is 0 Å². The predicted molar refractivity (Wildman–Crippen MR) is 67.2 cm³/mol. The van der Waals surface area contributed by atoms with Crippen LogP contribution in [0.25, 0.3) is 0 Å². The molecule has 0 radical (unpaired) electrons. The van der Waals surface area contributed by atoms with Crippen molar-refractivity contribution in [3.63, 3.8) is 0 Å². The second kappa shape index (κ2) is 5.55. The molecule has 0 aliphatic heterocycles. The quantitative estimate of drug-likeness (QED) is 0.705. The third kappa shape index (κ3) is 2.20. The Hall–Kier alpha value is -0.300. The number of benzene rings is 1. The first-order valence-corrected chi connectivity index (χ1v) is 6.58. The molecule has 1 aromatic rings. The lowest BCUT2D eigenvalue weighted by molar-refractivity contribution is 0.966. The molecule has 0 saturated carbocycles. The molecule has 0 aromatic heterocycles. The van der Waals surface area contributed by atoms with Crippen molar-refractivity contribution in [1.29, 1.82) is 0 Å². The predicted octanol–water partition coefficient (Wildman–Crippen LogP) is 4.27. The van der Waals surface area contributed by atoms with Crippen LogP contribution in [0.1, 0.15) is 43.0 Å². The fourth-order valence-electron chi connectivity index (χ4n) is 2.13. The Balaban J connectivity index is 3.28. The summed E-state index contributed by atoms with van der Waals surface area (Å²) in [5.74, 6) is 0. The van der Waals surface area contributed by atoms with Gasteiger partial charge in [0.25, 0.3) is 0 Å². The Labute approximate surface area is 95.9 Å². The molecule has 0 N–H and O–H groups in total. The summed E-state index contributed by atoms with van der Waals surface area (Å²) in [5.41, 5.74) is 6.12. The van der Waals surface area contributed by atoms with Gasteiger partial charge < -0.3 is 0 Å². The highest BCUT2D eigenvalue weighted by Gasteiger charge is 2.08. The Bertz CT molecular complexity index is 271. The molecule has 0 nitrogen and oxygen atoms in total. The van der Waals surface area contributed by atoms with E-state index >= 15 is 0 Å². The molecule has 0 fully saturated rings. The number of alkyl halides is 1. The van der Waals surface area contributed by atoms with Gasteiger partial charge in [0, 0.05) is 5.33 Å². The lowest BCUT2D eigenvalue weighted by Gasteiger charge is -2.15. The molecule has 1 rings (SSSR count). The van der Waals surface area contributed by atoms with E-state index in [1.165, 1.54) is 11.1 Å². The molecule has 0 aliphatic carbocycles. The number of hydrogen-bond acceptors (Lipinski definition) is 0. The van der Waals surface area contributed by atoms with Gasteiger partial charge in [-0.3, -0.25) is 0 Å².